The Morgan fingerprint density at radius 1 is 1.31 bits per heavy atom. The van der Waals surface area contributed by atoms with Gasteiger partial charge < -0.3 is 15.2 Å². The molecule has 4 nitrogen and oxygen atoms in total. The summed E-state index contributed by atoms with van der Waals surface area (Å²) in [5, 5.41) is 0. The van der Waals surface area contributed by atoms with E-state index in [1.807, 2.05) is 28.6 Å². The first-order valence-electron chi connectivity index (χ1n) is 5.88. The molecule has 0 atom stereocenters. The third kappa shape index (κ3) is 1.97. The van der Waals surface area contributed by atoms with Crippen molar-refractivity contribution >= 4 is 5.91 Å². The molecule has 0 unspecified atom stereocenters. The monoisotopic (exact) mass is 221 g/mol. The second-order valence-electron chi connectivity index (χ2n) is 4.33. The van der Waals surface area contributed by atoms with Gasteiger partial charge in [0.05, 0.1) is 0 Å². The van der Waals surface area contributed by atoms with E-state index in [1.165, 1.54) is 6.42 Å². The normalized spacial score (nSPS) is 16.5. The molecule has 1 fully saturated rings. The highest BCUT2D eigenvalue weighted by atomic mass is 16.2. The number of carbonyl (C=O) groups excluding carboxylic acids is 1. The van der Waals surface area contributed by atoms with Crippen molar-refractivity contribution in [3.63, 3.8) is 0 Å². The number of piperidine rings is 1. The van der Waals surface area contributed by atoms with Gasteiger partial charge in [-0.1, -0.05) is 0 Å². The van der Waals surface area contributed by atoms with Crippen molar-refractivity contribution in [2.24, 2.45) is 12.8 Å². The third-order valence-corrected chi connectivity index (χ3v) is 3.30. The molecule has 0 aromatic carbocycles. The maximum absolute atomic E-state index is 12.2. The fourth-order valence-corrected chi connectivity index (χ4v) is 2.23. The minimum absolute atomic E-state index is 0.141. The van der Waals surface area contributed by atoms with Crippen LogP contribution in [0.2, 0.25) is 0 Å². The molecule has 2 N–H and O–H groups in total. The third-order valence-electron chi connectivity index (χ3n) is 3.30. The Labute approximate surface area is 96.0 Å². The quantitative estimate of drug-likeness (QED) is 0.813. The van der Waals surface area contributed by atoms with Crippen molar-refractivity contribution in [3.8, 4) is 0 Å². The lowest BCUT2D eigenvalue weighted by molar-refractivity contribution is 0.0714. The van der Waals surface area contributed by atoms with Crippen molar-refractivity contribution in [1.82, 2.24) is 9.47 Å². The maximum Gasteiger partial charge on any atom is 0.270 e. The van der Waals surface area contributed by atoms with Crippen molar-refractivity contribution in [1.29, 1.82) is 0 Å². The first kappa shape index (κ1) is 11.2. The summed E-state index contributed by atoms with van der Waals surface area (Å²) in [4.78, 5) is 14.2. The molecule has 1 aliphatic heterocycles. The lowest BCUT2D eigenvalue weighted by atomic mass is 10.1. The molecule has 88 valence electrons. The smallest absolute Gasteiger partial charge is 0.270 e. The standard InChI is InChI=1S/C12H19N3O/c1-14-10(9-13)5-6-11(14)12(16)15-7-3-2-4-8-15/h5-6H,2-4,7-9,13H2,1H3. The zero-order valence-electron chi connectivity index (χ0n) is 9.78. The summed E-state index contributed by atoms with van der Waals surface area (Å²) in [5.41, 5.74) is 7.35. The lowest BCUT2D eigenvalue weighted by Gasteiger charge is -2.26. The first-order valence-corrected chi connectivity index (χ1v) is 5.88. The van der Waals surface area contributed by atoms with Gasteiger partial charge in [-0.3, -0.25) is 4.79 Å². The van der Waals surface area contributed by atoms with Crippen molar-refractivity contribution < 1.29 is 4.79 Å². The molecule has 4 heteroatoms. The molecule has 1 amide bonds. The highest BCUT2D eigenvalue weighted by molar-refractivity contribution is 5.93. The predicted octanol–water partition coefficient (Wildman–Crippen LogP) is 1.11. The Hall–Kier alpha value is -1.29. The van der Waals surface area contributed by atoms with Gasteiger partial charge in [0, 0.05) is 32.4 Å². The van der Waals surface area contributed by atoms with E-state index in [0.29, 0.717) is 6.54 Å². The molecule has 1 saturated heterocycles. The van der Waals surface area contributed by atoms with Gasteiger partial charge in [-0.2, -0.15) is 0 Å². The van der Waals surface area contributed by atoms with Crippen LogP contribution in [0, 0.1) is 0 Å². The molecule has 1 aromatic heterocycles. The molecular formula is C12H19N3O. The fraction of sp³-hybridized carbons (Fsp3) is 0.583. The van der Waals surface area contributed by atoms with E-state index in [1.54, 1.807) is 0 Å². The van der Waals surface area contributed by atoms with Crippen LogP contribution in [0.5, 0.6) is 0 Å². The number of carbonyl (C=O) groups is 1. The predicted molar refractivity (Wildman–Crippen MR) is 63.1 cm³/mol. The fourth-order valence-electron chi connectivity index (χ4n) is 2.23. The van der Waals surface area contributed by atoms with Crippen LogP contribution in [0.15, 0.2) is 12.1 Å². The zero-order valence-corrected chi connectivity index (χ0v) is 9.78. The number of nitrogens with zero attached hydrogens (tertiary/aromatic N) is 2. The lowest BCUT2D eigenvalue weighted by Crippen LogP contribution is -2.36. The van der Waals surface area contributed by atoms with Gasteiger partial charge in [-0.05, 0) is 31.4 Å². The molecule has 16 heavy (non-hydrogen) atoms. The van der Waals surface area contributed by atoms with Gasteiger partial charge in [0.1, 0.15) is 5.69 Å². The number of nitrogens with two attached hydrogens (primary N) is 1. The van der Waals surface area contributed by atoms with Gasteiger partial charge in [0.25, 0.3) is 5.91 Å². The number of aromatic nitrogens is 1. The molecule has 0 saturated carbocycles. The SMILES string of the molecule is Cn1c(CN)ccc1C(=O)N1CCCCC1. The second kappa shape index (κ2) is 4.70. The van der Waals surface area contributed by atoms with E-state index < -0.39 is 0 Å². The molecule has 2 heterocycles. The molecule has 1 aliphatic rings. The average molecular weight is 221 g/mol. The first-order chi connectivity index (χ1) is 7.74. The minimum Gasteiger partial charge on any atom is -0.342 e. The summed E-state index contributed by atoms with van der Waals surface area (Å²) in [7, 11) is 1.90. The molecule has 1 aromatic rings. The van der Waals surface area contributed by atoms with Gasteiger partial charge in [-0.15, -0.1) is 0 Å². The van der Waals surface area contributed by atoms with Crippen LogP contribution >= 0.6 is 0 Å². The summed E-state index contributed by atoms with van der Waals surface area (Å²) in [5.74, 6) is 0.141. The van der Waals surface area contributed by atoms with Crippen molar-refractivity contribution in [2.75, 3.05) is 13.1 Å². The average Bonchev–Trinajstić information content (AvgIpc) is 2.70. The Morgan fingerprint density at radius 2 is 2.00 bits per heavy atom. The summed E-state index contributed by atoms with van der Waals surface area (Å²) in [6, 6.07) is 3.80. The van der Waals surface area contributed by atoms with E-state index in [4.69, 9.17) is 5.73 Å². The van der Waals surface area contributed by atoms with Gasteiger partial charge >= 0.3 is 0 Å². The van der Waals surface area contributed by atoms with Crippen molar-refractivity contribution in [2.45, 2.75) is 25.8 Å². The van der Waals surface area contributed by atoms with E-state index in [2.05, 4.69) is 0 Å². The topological polar surface area (TPSA) is 51.3 Å². The highest BCUT2D eigenvalue weighted by Gasteiger charge is 2.20. The largest absolute Gasteiger partial charge is 0.342 e. The van der Waals surface area contributed by atoms with Crippen LogP contribution in [0.4, 0.5) is 0 Å². The Morgan fingerprint density at radius 3 is 2.56 bits per heavy atom. The Bertz CT molecular complexity index is 378. The zero-order chi connectivity index (χ0) is 11.5. The summed E-state index contributed by atoms with van der Waals surface area (Å²) in [6.07, 6.45) is 3.49. The molecule has 0 radical (unpaired) electrons. The number of hydrogen-bond donors (Lipinski definition) is 1. The molecule has 0 spiro atoms. The van der Waals surface area contributed by atoms with E-state index in [0.717, 1.165) is 37.3 Å². The van der Waals surface area contributed by atoms with E-state index in [-0.39, 0.29) is 5.91 Å². The Kier molecular flexibility index (Phi) is 3.29. The van der Waals surface area contributed by atoms with E-state index >= 15 is 0 Å². The maximum atomic E-state index is 12.2. The van der Waals surface area contributed by atoms with Gasteiger partial charge in [-0.25, -0.2) is 0 Å². The number of amides is 1. The second-order valence-corrected chi connectivity index (χ2v) is 4.33. The molecule has 0 aliphatic carbocycles. The van der Waals surface area contributed by atoms with Crippen LogP contribution in [0.25, 0.3) is 0 Å². The number of likely N-dealkylation sites (tertiary alicyclic amines) is 1. The van der Waals surface area contributed by atoms with Crippen molar-refractivity contribution in [3.05, 3.63) is 23.5 Å². The number of hydrogen-bond acceptors (Lipinski definition) is 2. The minimum atomic E-state index is 0.141. The molecular weight excluding hydrogens is 202 g/mol. The van der Waals surface area contributed by atoms with Crippen LogP contribution in [-0.4, -0.2) is 28.5 Å². The van der Waals surface area contributed by atoms with E-state index in [9.17, 15) is 4.79 Å². The van der Waals surface area contributed by atoms with Crippen LogP contribution in [0.1, 0.15) is 35.4 Å². The molecule has 2 rings (SSSR count). The number of rotatable bonds is 2. The van der Waals surface area contributed by atoms with Gasteiger partial charge in [0.2, 0.25) is 0 Å². The van der Waals surface area contributed by atoms with Crippen LogP contribution in [-0.2, 0) is 13.6 Å². The Balaban J connectivity index is 2.16. The summed E-state index contributed by atoms with van der Waals surface area (Å²) >= 11 is 0. The van der Waals surface area contributed by atoms with Gasteiger partial charge in [0.15, 0.2) is 0 Å². The summed E-state index contributed by atoms with van der Waals surface area (Å²) < 4.78 is 1.90. The molecule has 0 bridgehead atoms. The summed E-state index contributed by atoms with van der Waals surface area (Å²) in [6.45, 7) is 2.26. The highest BCUT2D eigenvalue weighted by Crippen LogP contribution is 2.14. The van der Waals surface area contributed by atoms with Crippen LogP contribution in [0.3, 0.4) is 0 Å². The van der Waals surface area contributed by atoms with Crippen LogP contribution < -0.4 is 5.73 Å².